The van der Waals surface area contributed by atoms with Crippen molar-refractivity contribution in [3.63, 3.8) is 0 Å². The molecular formula is C17H21N3O2. The monoisotopic (exact) mass is 299 g/mol. The third kappa shape index (κ3) is 3.13. The van der Waals surface area contributed by atoms with Crippen molar-refractivity contribution in [2.24, 2.45) is 5.92 Å². The molecule has 1 aliphatic rings. The van der Waals surface area contributed by atoms with E-state index >= 15 is 0 Å². The lowest BCUT2D eigenvalue weighted by molar-refractivity contribution is 0.219. The minimum absolute atomic E-state index is 0.430. The molecular weight excluding hydrogens is 278 g/mol. The summed E-state index contributed by atoms with van der Waals surface area (Å²) < 4.78 is 11.1. The molecule has 0 bridgehead atoms. The second kappa shape index (κ2) is 6.22. The predicted octanol–water partition coefficient (Wildman–Crippen LogP) is 2.63. The summed E-state index contributed by atoms with van der Waals surface area (Å²) in [7, 11) is 3.51. The third-order valence-electron chi connectivity index (χ3n) is 3.89. The average molecular weight is 299 g/mol. The van der Waals surface area contributed by atoms with Gasteiger partial charge in [-0.15, -0.1) is 0 Å². The Morgan fingerprint density at radius 3 is 2.95 bits per heavy atom. The number of aryl methyl sites for hydroxylation is 1. The lowest BCUT2D eigenvalue weighted by atomic mass is 9.92. The van der Waals surface area contributed by atoms with Gasteiger partial charge in [-0.1, -0.05) is 6.07 Å². The molecule has 1 atom stereocenters. The van der Waals surface area contributed by atoms with Crippen LogP contribution in [0, 0.1) is 12.8 Å². The van der Waals surface area contributed by atoms with Crippen LogP contribution in [0.1, 0.15) is 17.0 Å². The minimum Gasteiger partial charge on any atom is -0.497 e. The lowest BCUT2D eigenvalue weighted by Crippen LogP contribution is -2.23. The molecule has 0 aliphatic carbocycles. The number of methoxy groups -OCH3 is 1. The highest BCUT2D eigenvalue weighted by molar-refractivity contribution is 5.42. The second-order valence-corrected chi connectivity index (χ2v) is 5.63. The Balaban J connectivity index is 1.74. The van der Waals surface area contributed by atoms with Crippen LogP contribution in [-0.4, -0.2) is 30.7 Å². The molecule has 1 N–H and O–H groups in total. The maximum Gasteiger partial charge on any atom is 0.222 e. The van der Waals surface area contributed by atoms with Crippen molar-refractivity contribution >= 4 is 5.95 Å². The number of anilines is 1. The molecule has 2 aromatic rings. The van der Waals surface area contributed by atoms with Gasteiger partial charge in [0.1, 0.15) is 11.5 Å². The van der Waals surface area contributed by atoms with Crippen LogP contribution in [0.15, 0.2) is 24.3 Å². The quantitative estimate of drug-likeness (QED) is 0.940. The zero-order chi connectivity index (χ0) is 15.5. The summed E-state index contributed by atoms with van der Waals surface area (Å²) in [6.45, 7) is 2.70. The van der Waals surface area contributed by atoms with E-state index in [0.717, 1.165) is 35.7 Å². The van der Waals surface area contributed by atoms with Crippen LogP contribution in [0.5, 0.6) is 11.5 Å². The molecule has 0 amide bonds. The van der Waals surface area contributed by atoms with Crippen LogP contribution in [0.3, 0.4) is 0 Å². The van der Waals surface area contributed by atoms with Crippen molar-refractivity contribution in [3.8, 4) is 11.5 Å². The molecule has 0 saturated heterocycles. The van der Waals surface area contributed by atoms with Crippen LogP contribution in [0.25, 0.3) is 0 Å². The third-order valence-corrected chi connectivity index (χ3v) is 3.89. The largest absolute Gasteiger partial charge is 0.497 e. The summed E-state index contributed by atoms with van der Waals surface area (Å²) in [5.41, 5.74) is 3.27. The summed E-state index contributed by atoms with van der Waals surface area (Å²) in [5.74, 6) is 2.88. The van der Waals surface area contributed by atoms with E-state index in [-0.39, 0.29) is 0 Å². The Labute approximate surface area is 130 Å². The van der Waals surface area contributed by atoms with Gasteiger partial charge in [0.15, 0.2) is 0 Å². The standard InChI is InChI=1S/C17H21N3O2/c1-11-6-14(20-17(18-2)19-11)8-12-7-13-4-5-15(21-3)9-16(13)22-10-12/h4-6,9,12H,7-8,10H2,1-3H3,(H,18,19,20)/t12-/m0/s1. The first-order valence-electron chi connectivity index (χ1n) is 7.50. The van der Waals surface area contributed by atoms with Crippen molar-refractivity contribution < 1.29 is 9.47 Å². The Morgan fingerprint density at radius 2 is 2.18 bits per heavy atom. The number of nitrogens with one attached hydrogen (secondary N) is 1. The first-order valence-corrected chi connectivity index (χ1v) is 7.50. The van der Waals surface area contributed by atoms with E-state index in [4.69, 9.17) is 9.47 Å². The molecule has 3 rings (SSSR count). The lowest BCUT2D eigenvalue weighted by Gasteiger charge is -2.25. The van der Waals surface area contributed by atoms with E-state index in [9.17, 15) is 0 Å². The minimum atomic E-state index is 0.430. The molecule has 5 heteroatoms. The molecule has 5 nitrogen and oxygen atoms in total. The molecule has 0 unspecified atom stereocenters. The van der Waals surface area contributed by atoms with Crippen molar-refractivity contribution in [1.29, 1.82) is 0 Å². The van der Waals surface area contributed by atoms with Crippen molar-refractivity contribution in [3.05, 3.63) is 41.2 Å². The zero-order valence-corrected chi connectivity index (χ0v) is 13.2. The number of rotatable bonds is 4. The van der Waals surface area contributed by atoms with Gasteiger partial charge in [0.05, 0.1) is 13.7 Å². The first kappa shape index (κ1) is 14.6. The average Bonchev–Trinajstić information content (AvgIpc) is 2.53. The number of fused-ring (bicyclic) bond motifs is 1. The summed E-state index contributed by atoms with van der Waals surface area (Å²) in [4.78, 5) is 8.86. The number of ether oxygens (including phenoxy) is 2. The summed E-state index contributed by atoms with van der Waals surface area (Å²) in [5, 5.41) is 3.01. The molecule has 22 heavy (non-hydrogen) atoms. The summed E-state index contributed by atoms with van der Waals surface area (Å²) in [6, 6.07) is 8.08. The highest BCUT2D eigenvalue weighted by atomic mass is 16.5. The Morgan fingerprint density at radius 1 is 1.32 bits per heavy atom. The van der Waals surface area contributed by atoms with Crippen molar-refractivity contribution in [1.82, 2.24) is 9.97 Å². The van der Waals surface area contributed by atoms with Crippen LogP contribution in [0.4, 0.5) is 5.95 Å². The van der Waals surface area contributed by atoms with E-state index in [1.54, 1.807) is 7.11 Å². The maximum atomic E-state index is 5.90. The van der Waals surface area contributed by atoms with E-state index < -0.39 is 0 Å². The normalized spacial score (nSPS) is 16.6. The Hall–Kier alpha value is -2.30. The van der Waals surface area contributed by atoms with Crippen molar-refractivity contribution in [2.45, 2.75) is 19.8 Å². The molecule has 0 spiro atoms. The summed E-state index contributed by atoms with van der Waals surface area (Å²) >= 11 is 0. The van der Waals surface area contributed by atoms with Crippen molar-refractivity contribution in [2.75, 3.05) is 26.1 Å². The number of aromatic nitrogens is 2. The molecule has 2 heterocycles. The molecule has 1 aliphatic heterocycles. The second-order valence-electron chi connectivity index (χ2n) is 5.63. The van der Waals surface area contributed by atoms with Gasteiger partial charge in [-0.3, -0.25) is 0 Å². The van der Waals surface area contributed by atoms with Gasteiger partial charge in [0, 0.05) is 30.4 Å². The smallest absolute Gasteiger partial charge is 0.222 e. The molecule has 0 fully saturated rings. The summed E-state index contributed by atoms with van der Waals surface area (Å²) in [6.07, 6.45) is 1.89. The van der Waals surface area contributed by atoms with Gasteiger partial charge in [-0.05, 0) is 37.5 Å². The Bertz CT molecular complexity index is 673. The van der Waals surface area contributed by atoms with E-state index in [0.29, 0.717) is 18.5 Å². The molecule has 1 aromatic heterocycles. The van der Waals surface area contributed by atoms with Gasteiger partial charge >= 0.3 is 0 Å². The predicted molar refractivity (Wildman–Crippen MR) is 85.7 cm³/mol. The highest BCUT2D eigenvalue weighted by Crippen LogP contribution is 2.32. The van der Waals surface area contributed by atoms with Gasteiger partial charge in [-0.25, -0.2) is 9.97 Å². The number of benzene rings is 1. The molecule has 0 radical (unpaired) electrons. The Kier molecular flexibility index (Phi) is 4.13. The molecule has 1 aromatic carbocycles. The fourth-order valence-corrected chi connectivity index (χ4v) is 2.82. The maximum absolute atomic E-state index is 5.90. The van der Waals surface area contributed by atoms with Crippen LogP contribution < -0.4 is 14.8 Å². The van der Waals surface area contributed by atoms with Crippen LogP contribution in [0.2, 0.25) is 0 Å². The van der Waals surface area contributed by atoms with Crippen LogP contribution in [-0.2, 0) is 12.8 Å². The molecule has 0 saturated carbocycles. The number of hydrogen-bond acceptors (Lipinski definition) is 5. The van der Waals surface area contributed by atoms with Crippen LogP contribution >= 0.6 is 0 Å². The number of nitrogens with zero attached hydrogens (tertiary/aromatic N) is 2. The topological polar surface area (TPSA) is 56.3 Å². The highest BCUT2D eigenvalue weighted by Gasteiger charge is 2.21. The van der Waals surface area contributed by atoms with Gasteiger partial charge in [0.25, 0.3) is 0 Å². The van der Waals surface area contributed by atoms with Gasteiger partial charge in [-0.2, -0.15) is 0 Å². The SMILES string of the molecule is CNc1nc(C)cc(C[C@H]2COc3cc(OC)ccc3C2)n1. The van der Waals surface area contributed by atoms with E-state index in [2.05, 4.69) is 21.4 Å². The van der Waals surface area contributed by atoms with E-state index in [1.807, 2.05) is 32.2 Å². The zero-order valence-electron chi connectivity index (χ0n) is 13.2. The number of hydrogen-bond donors (Lipinski definition) is 1. The fraction of sp³-hybridized carbons (Fsp3) is 0.412. The molecule has 116 valence electrons. The van der Waals surface area contributed by atoms with E-state index in [1.165, 1.54) is 5.56 Å². The first-order chi connectivity index (χ1) is 10.7. The fourth-order valence-electron chi connectivity index (χ4n) is 2.82. The van der Waals surface area contributed by atoms with Gasteiger partial charge < -0.3 is 14.8 Å². The van der Waals surface area contributed by atoms with Gasteiger partial charge in [0.2, 0.25) is 5.95 Å².